The molecule has 5 heterocycles. The zero-order valence-electron chi connectivity index (χ0n) is 22.2. The topological polar surface area (TPSA) is 106 Å². The number of aliphatic imine (C=N–C) groups is 2. The van der Waals surface area contributed by atoms with Gasteiger partial charge in [0.1, 0.15) is 0 Å². The number of likely N-dealkylation sites (tertiary alicyclic amines) is 1. The number of benzene rings is 1. The summed E-state index contributed by atoms with van der Waals surface area (Å²) >= 11 is 1.22. The molecule has 2 fully saturated rings. The first-order valence-electron chi connectivity index (χ1n) is 13.0. The van der Waals surface area contributed by atoms with E-state index in [4.69, 9.17) is 24.2 Å². The molecule has 212 valence electrons. The second kappa shape index (κ2) is 11.4. The van der Waals surface area contributed by atoms with Gasteiger partial charge in [0.15, 0.2) is 0 Å². The molecule has 1 aromatic carbocycles. The average Bonchev–Trinajstić information content (AvgIpc) is 3.57. The summed E-state index contributed by atoms with van der Waals surface area (Å²) in [6.45, 7) is 4.08. The van der Waals surface area contributed by atoms with Crippen molar-refractivity contribution in [2.24, 2.45) is 9.98 Å². The van der Waals surface area contributed by atoms with Crippen LogP contribution in [0.4, 0.5) is 14.5 Å². The summed E-state index contributed by atoms with van der Waals surface area (Å²) in [5.74, 6) is 0.0813. The third kappa shape index (κ3) is 5.16. The van der Waals surface area contributed by atoms with Crippen molar-refractivity contribution in [2.75, 3.05) is 58.5 Å². The molecule has 0 spiro atoms. The Balaban J connectivity index is 1.38. The van der Waals surface area contributed by atoms with Gasteiger partial charge < -0.3 is 0 Å². The van der Waals surface area contributed by atoms with Crippen LogP contribution in [0.5, 0.6) is 11.8 Å². The maximum atomic E-state index is 14.3. The maximum absolute atomic E-state index is 14.3. The van der Waals surface area contributed by atoms with Crippen LogP contribution in [0, 0.1) is 0 Å². The number of methoxy groups -OCH3 is 1. The van der Waals surface area contributed by atoms with Crippen LogP contribution in [0.1, 0.15) is 18.7 Å². The first-order valence-corrected chi connectivity index (χ1v) is 14.2. The van der Waals surface area contributed by atoms with Crippen LogP contribution in [0.15, 0.2) is 40.6 Å². The van der Waals surface area contributed by atoms with E-state index in [0.717, 1.165) is 19.5 Å². The van der Waals surface area contributed by atoms with Gasteiger partial charge in [0.05, 0.1) is 0 Å². The van der Waals surface area contributed by atoms with Crippen LogP contribution < -0.4 is 14.4 Å². The van der Waals surface area contributed by atoms with Gasteiger partial charge in [-0.25, -0.2) is 0 Å². The van der Waals surface area contributed by atoms with Crippen molar-refractivity contribution < 1.29 is 23.0 Å². The third-order valence-electron chi connectivity index (χ3n) is 7.10. The van der Waals surface area contributed by atoms with Gasteiger partial charge in [-0.2, -0.15) is 0 Å². The first kappa shape index (κ1) is 27.0. The molecule has 0 radical (unpaired) electrons. The molecule has 40 heavy (non-hydrogen) atoms. The van der Waals surface area contributed by atoms with Gasteiger partial charge in [-0.15, -0.1) is 0 Å². The normalized spacial score (nSPS) is 22.6. The summed E-state index contributed by atoms with van der Waals surface area (Å²) in [6, 6.07) is 5.44. The second-order valence-corrected chi connectivity index (χ2v) is 10.8. The van der Waals surface area contributed by atoms with E-state index in [9.17, 15) is 8.78 Å². The van der Waals surface area contributed by atoms with Gasteiger partial charge in [0.25, 0.3) is 0 Å². The standard InChI is InChI=1S/C25H30AsF2N9O3/c1-34-7-6-16(14-34)40-24-29-12-15(13-30-24)36-22(26)32-23(33-25(36)35-8-10-39-11-9-35)37-17-4-3-5-18(38-2)19(17)31-21(37)20(27)28/h3-5,12-13,16,20,25H,6-11,14,26H2,1-2H3. The summed E-state index contributed by atoms with van der Waals surface area (Å²) in [5, 5.41) is 0. The van der Waals surface area contributed by atoms with E-state index >= 15 is 0 Å². The molecule has 3 aliphatic heterocycles. The Hall–Kier alpha value is -3.19. The van der Waals surface area contributed by atoms with Crippen LogP contribution in [-0.2, 0) is 4.74 Å². The summed E-state index contributed by atoms with van der Waals surface area (Å²) in [6.07, 6.45) is 0.928. The number of para-hydroxylation sites is 1. The summed E-state index contributed by atoms with van der Waals surface area (Å²) < 4.78 is 47.4. The fraction of sp³-hybridized carbons (Fsp3) is 0.480. The number of hydrogen-bond acceptors (Lipinski definition) is 11. The molecule has 2 aromatic heterocycles. The molecular formula is C25H30AsF2N9O3. The molecule has 0 amide bonds. The minimum absolute atomic E-state index is 0.0541. The van der Waals surface area contributed by atoms with E-state index in [2.05, 4.69) is 31.8 Å². The van der Waals surface area contributed by atoms with E-state index in [1.54, 1.807) is 30.6 Å². The van der Waals surface area contributed by atoms with E-state index < -0.39 is 18.5 Å². The van der Waals surface area contributed by atoms with Gasteiger partial charge >= 0.3 is 238 Å². The van der Waals surface area contributed by atoms with Gasteiger partial charge in [-0.05, 0) is 0 Å². The zero-order valence-corrected chi connectivity index (χ0v) is 24.6. The third-order valence-corrected chi connectivity index (χ3v) is 7.95. The number of alkyl halides is 2. The van der Waals surface area contributed by atoms with Crippen molar-refractivity contribution in [1.82, 2.24) is 29.3 Å². The number of hydrogen-bond donors (Lipinski definition) is 0. The second-order valence-electron chi connectivity index (χ2n) is 9.71. The molecule has 0 saturated carbocycles. The Morgan fingerprint density at radius 3 is 2.58 bits per heavy atom. The monoisotopic (exact) mass is 617 g/mol. The van der Waals surface area contributed by atoms with Crippen molar-refractivity contribution in [3.63, 3.8) is 0 Å². The Kier molecular flexibility index (Phi) is 7.67. The molecule has 0 bridgehead atoms. The first-order chi connectivity index (χ1) is 19.4. The number of amidine groups is 1. The SMILES string of the molecule is COc1cccc2c1nc(C(F)F)n2C1=NC(N2CCOCC2)N(c2cnc(OC3CCN(C)C3)nc2)C([AsH2])=N1. The van der Waals surface area contributed by atoms with Gasteiger partial charge in [-0.1, -0.05) is 0 Å². The number of morpholine rings is 1. The Labute approximate surface area is 238 Å². The Bertz CT molecular complexity index is 1430. The number of nitrogens with zero attached hydrogens (tertiary/aromatic N) is 9. The molecule has 2 saturated heterocycles. The quantitative estimate of drug-likeness (QED) is 0.378. The fourth-order valence-electron chi connectivity index (χ4n) is 5.14. The van der Waals surface area contributed by atoms with Gasteiger partial charge in [0.2, 0.25) is 0 Å². The number of likely N-dealkylation sites (N-methyl/N-ethyl adjacent to an activating group) is 1. The van der Waals surface area contributed by atoms with Crippen molar-refractivity contribution in [3.05, 3.63) is 36.4 Å². The number of ether oxygens (including phenoxy) is 3. The van der Waals surface area contributed by atoms with Crippen molar-refractivity contribution in [1.29, 1.82) is 0 Å². The molecule has 0 N–H and O–H groups in total. The number of aromatic nitrogens is 4. The van der Waals surface area contributed by atoms with E-state index in [-0.39, 0.29) is 12.1 Å². The molecule has 3 aromatic rings. The zero-order chi connectivity index (χ0) is 27.8. The summed E-state index contributed by atoms with van der Waals surface area (Å²) in [7, 11) is 3.54. The molecule has 3 atom stereocenters. The predicted octanol–water partition coefficient (Wildman–Crippen LogP) is 1.18. The summed E-state index contributed by atoms with van der Waals surface area (Å²) in [5.41, 5.74) is 1.43. The molecule has 3 unspecified atom stereocenters. The molecule has 0 aliphatic carbocycles. The average molecular weight is 617 g/mol. The van der Waals surface area contributed by atoms with Crippen molar-refractivity contribution in [2.45, 2.75) is 25.2 Å². The van der Waals surface area contributed by atoms with E-state index in [0.29, 0.717) is 59.4 Å². The van der Waals surface area contributed by atoms with Crippen LogP contribution in [0.3, 0.4) is 0 Å². The molecule has 6 rings (SSSR count). The molecule has 15 heteroatoms. The van der Waals surface area contributed by atoms with Gasteiger partial charge in [0, 0.05) is 0 Å². The molecular weight excluding hydrogens is 587 g/mol. The van der Waals surface area contributed by atoms with Crippen LogP contribution >= 0.6 is 0 Å². The van der Waals surface area contributed by atoms with E-state index in [1.165, 1.54) is 28.5 Å². The van der Waals surface area contributed by atoms with Gasteiger partial charge in [-0.3, -0.25) is 0 Å². The van der Waals surface area contributed by atoms with E-state index in [1.807, 2.05) is 4.90 Å². The Morgan fingerprint density at radius 1 is 1.12 bits per heavy atom. The van der Waals surface area contributed by atoms with Crippen molar-refractivity contribution >= 4 is 44.2 Å². The van der Waals surface area contributed by atoms with Crippen LogP contribution in [0.25, 0.3) is 11.0 Å². The predicted molar refractivity (Wildman–Crippen MR) is 147 cm³/mol. The minimum atomic E-state index is -2.85. The fourth-order valence-corrected chi connectivity index (χ4v) is 5.97. The number of imidazole rings is 1. The number of rotatable bonds is 6. The Morgan fingerprint density at radius 2 is 1.90 bits per heavy atom. The molecule has 12 nitrogen and oxygen atoms in total. The molecule has 3 aliphatic rings. The number of anilines is 1. The van der Waals surface area contributed by atoms with Crippen LogP contribution in [0.2, 0.25) is 0 Å². The number of fused-ring (bicyclic) bond motifs is 1. The summed E-state index contributed by atoms with van der Waals surface area (Å²) in [4.78, 5) is 29.0. The van der Waals surface area contributed by atoms with Crippen molar-refractivity contribution in [3.8, 4) is 11.8 Å². The van der Waals surface area contributed by atoms with Crippen LogP contribution in [-0.4, -0.2) is 123 Å². The number of halogens is 2.